The van der Waals surface area contributed by atoms with Crippen molar-refractivity contribution in [1.82, 2.24) is 5.32 Å². The van der Waals surface area contributed by atoms with Gasteiger partial charge in [0.05, 0.1) is 6.26 Å². The monoisotopic (exact) mass is 223 g/mol. The number of rotatable bonds is 6. The van der Waals surface area contributed by atoms with Crippen molar-refractivity contribution in [3.8, 4) is 0 Å². The molecule has 4 heteroatoms. The van der Waals surface area contributed by atoms with E-state index in [1.807, 2.05) is 13.8 Å². The van der Waals surface area contributed by atoms with E-state index >= 15 is 0 Å². The first-order chi connectivity index (χ1) is 7.59. The SMILES string of the molecule is CC(C)CNC(=O)CCC(=O)c1ccco1. The summed E-state index contributed by atoms with van der Waals surface area (Å²) in [7, 11) is 0. The lowest BCUT2D eigenvalue weighted by molar-refractivity contribution is -0.121. The van der Waals surface area contributed by atoms with E-state index in [9.17, 15) is 9.59 Å². The Labute approximate surface area is 95.0 Å². The molecular weight excluding hydrogens is 206 g/mol. The first-order valence-corrected chi connectivity index (χ1v) is 5.43. The molecule has 0 fully saturated rings. The molecule has 1 amide bonds. The van der Waals surface area contributed by atoms with Crippen molar-refractivity contribution in [2.24, 2.45) is 5.92 Å². The van der Waals surface area contributed by atoms with Crippen LogP contribution < -0.4 is 5.32 Å². The molecule has 1 aromatic heterocycles. The average Bonchev–Trinajstić information content (AvgIpc) is 2.76. The van der Waals surface area contributed by atoms with Gasteiger partial charge in [0.15, 0.2) is 11.5 Å². The Kier molecular flexibility index (Phi) is 4.76. The standard InChI is InChI=1S/C12H17NO3/c1-9(2)8-13-12(15)6-5-10(14)11-4-3-7-16-11/h3-4,7,9H,5-6,8H2,1-2H3,(H,13,15). The molecule has 0 radical (unpaired) electrons. The van der Waals surface area contributed by atoms with Gasteiger partial charge in [-0.3, -0.25) is 9.59 Å². The maximum absolute atomic E-state index is 11.5. The lowest BCUT2D eigenvalue weighted by Gasteiger charge is -2.06. The second-order valence-corrected chi connectivity index (χ2v) is 4.10. The van der Waals surface area contributed by atoms with Crippen LogP contribution in [0.2, 0.25) is 0 Å². The molecule has 0 aliphatic rings. The minimum atomic E-state index is -0.135. The third kappa shape index (κ3) is 4.29. The highest BCUT2D eigenvalue weighted by Crippen LogP contribution is 2.05. The van der Waals surface area contributed by atoms with Crippen molar-refractivity contribution in [3.63, 3.8) is 0 Å². The second kappa shape index (κ2) is 6.10. The van der Waals surface area contributed by atoms with Gasteiger partial charge >= 0.3 is 0 Å². The molecule has 16 heavy (non-hydrogen) atoms. The maximum Gasteiger partial charge on any atom is 0.220 e. The molecule has 4 nitrogen and oxygen atoms in total. The van der Waals surface area contributed by atoms with Crippen LogP contribution in [-0.2, 0) is 4.79 Å². The second-order valence-electron chi connectivity index (χ2n) is 4.10. The summed E-state index contributed by atoms with van der Waals surface area (Å²) in [4.78, 5) is 22.8. The molecule has 0 spiro atoms. The minimum Gasteiger partial charge on any atom is -0.461 e. The predicted octanol–water partition coefficient (Wildman–Crippen LogP) is 2.01. The summed E-state index contributed by atoms with van der Waals surface area (Å²) < 4.78 is 4.94. The number of hydrogen-bond donors (Lipinski definition) is 1. The van der Waals surface area contributed by atoms with Crippen LogP contribution in [0, 0.1) is 5.92 Å². The van der Waals surface area contributed by atoms with Crippen LogP contribution in [0.25, 0.3) is 0 Å². The molecule has 0 bridgehead atoms. The minimum absolute atomic E-state index is 0.0893. The van der Waals surface area contributed by atoms with Gasteiger partial charge in [0, 0.05) is 19.4 Å². The molecule has 0 saturated heterocycles. The molecule has 1 heterocycles. The van der Waals surface area contributed by atoms with E-state index in [1.165, 1.54) is 6.26 Å². The van der Waals surface area contributed by atoms with Gasteiger partial charge in [-0.25, -0.2) is 0 Å². The smallest absolute Gasteiger partial charge is 0.220 e. The molecule has 0 atom stereocenters. The molecule has 1 rings (SSSR count). The highest BCUT2D eigenvalue weighted by atomic mass is 16.3. The molecule has 0 aliphatic heterocycles. The van der Waals surface area contributed by atoms with Crippen LogP contribution in [0.5, 0.6) is 0 Å². The number of carbonyl (C=O) groups excluding carboxylic acids is 2. The van der Waals surface area contributed by atoms with Gasteiger partial charge < -0.3 is 9.73 Å². The Hall–Kier alpha value is -1.58. The van der Waals surface area contributed by atoms with Crippen molar-refractivity contribution in [2.45, 2.75) is 26.7 Å². The predicted molar refractivity (Wildman–Crippen MR) is 60.1 cm³/mol. The normalized spacial score (nSPS) is 10.4. The summed E-state index contributed by atoms with van der Waals surface area (Å²) in [5, 5.41) is 2.76. The van der Waals surface area contributed by atoms with Crippen LogP contribution in [0.4, 0.5) is 0 Å². The third-order valence-corrected chi connectivity index (χ3v) is 2.08. The summed E-state index contributed by atoms with van der Waals surface area (Å²) in [6.45, 7) is 4.69. The summed E-state index contributed by atoms with van der Waals surface area (Å²) in [5.74, 6) is 0.514. The Morgan fingerprint density at radius 3 is 2.69 bits per heavy atom. The van der Waals surface area contributed by atoms with E-state index < -0.39 is 0 Å². The van der Waals surface area contributed by atoms with Crippen molar-refractivity contribution in [1.29, 1.82) is 0 Å². The van der Waals surface area contributed by atoms with Crippen molar-refractivity contribution in [3.05, 3.63) is 24.2 Å². The van der Waals surface area contributed by atoms with Crippen LogP contribution in [-0.4, -0.2) is 18.2 Å². The zero-order chi connectivity index (χ0) is 12.0. The van der Waals surface area contributed by atoms with Gasteiger partial charge in [0.1, 0.15) is 0 Å². The molecule has 1 aromatic rings. The highest BCUT2D eigenvalue weighted by molar-refractivity contribution is 5.95. The van der Waals surface area contributed by atoms with E-state index in [1.54, 1.807) is 12.1 Å². The lowest BCUT2D eigenvalue weighted by atomic mass is 10.1. The van der Waals surface area contributed by atoms with Gasteiger partial charge in [-0.05, 0) is 18.1 Å². The Balaban J connectivity index is 2.24. The van der Waals surface area contributed by atoms with Gasteiger partial charge in [-0.2, -0.15) is 0 Å². The van der Waals surface area contributed by atoms with Crippen molar-refractivity contribution in [2.75, 3.05) is 6.54 Å². The molecule has 0 unspecified atom stereocenters. The third-order valence-electron chi connectivity index (χ3n) is 2.08. The van der Waals surface area contributed by atoms with Crippen LogP contribution in [0.15, 0.2) is 22.8 Å². The molecule has 0 saturated carbocycles. The van der Waals surface area contributed by atoms with Crippen LogP contribution in [0.3, 0.4) is 0 Å². The first-order valence-electron chi connectivity index (χ1n) is 5.43. The average molecular weight is 223 g/mol. The number of furan rings is 1. The summed E-state index contributed by atoms with van der Waals surface area (Å²) in [6, 6.07) is 3.26. The number of nitrogens with one attached hydrogen (secondary N) is 1. The first kappa shape index (κ1) is 12.5. The van der Waals surface area contributed by atoms with E-state index in [4.69, 9.17) is 4.42 Å². The zero-order valence-electron chi connectivity index (χ0n) is 9.66. The Morgan fingerprint density at radius 1 is 1.38 bits per heavy atom. The van der Waals surface area contributed by atoms with Crippen LogP contribution >= 0.6 is 0 Å². The molecule has 1 N–H and O–H groups in total. The Morgan fingerprint density at radius 2 is 2.12 bits per heavy atom. The van der Waals surface area contributed by atoms with Crippen LogP contribution in [0.1, 0.15) is 37.2 Å². The summed E-state index contributed by atoms with van der Waals surface area (Å²) in [5.41, 5.74) is 0. The summed E-state index contributed by atoms with van der Waals surface area (Å²) in [6.07, 6.45) is 1.86. The fraction of sp³-hybridized carbons (Fsp3) is 0.500. The summed E-state index contributed by atoms with van der Waals surface area (Å²) >= 11 is 0. The van der Waals surface area contributed by atoms with Crippen molar-refractivity contribution < 1.29 is 14.0 Å². The number of ketones is 1. The lowest BCUT2D eigenvalue weighted by Crippen LogP contribution is -2.27. The number of Topliss-reactive ketones (excluding diaryl/α,β-unsaturated/α-hetero) is 1. The number of hydrogen-bond acceptors (Lipinski definition) is 3. The van der Waals surface area contributed by atoms with Gasteiger partial charge in [0.25, 0.3) is 0 Å². The fourth-order valence-corrected chi connectivity index (χ4v) is 1.19. The largest absolute Gasteiger partial charge is 0.461 e. The zero-order valence-corrected chi connectivity index (χ0v) is 9.66. The van der Waals surface area contributed by atoms with Crippen molar-refractivity contribution >= 4 is 11.7 Å². The van der Waals surface area contributed by atoms with E-state index in [0.29, 0.717) is 18.2 Å². The molecule has 0 aromatic carbocycles. The Bertz CT molecular complexity index is 341. The highest BCUT2D eigenvalue weighted by Gasteiger charge is 2.11. The van der Waals surface area contributed by atoms with Gasteiger partial charge in [-0.1, -0.05) is 13.8 Å². The van der Waals surface area contributed by atoms with E-state index in [0.717, 1.165) is 0 Å². The maximum atomic E-state index is 11.5. The van der Waals surface area contributed by atoms with E-state index in [2.05, 4.69) is 5.32 Å². The van der Waals surface area contributed by atoms with E-state index in [-0.39, 0.29) is 24.5 Å². The number of carbonyl (C=O) groups is 2. The molecule has 0 aliphatic carbocycles. The number of amides is 1. The molecule has 88 valence electrons. The molecular formula is C12H17NO3. The van der Waals surface area contributed by atoms with Gasteiger partial charge in [-0.15, -0.1) is 0 Å². The fourth-order valence-electron chi connectivity index (χ4n) is 1.19. The van der Waals surface area contributed by atoms with Gasteiger partial charge in [0.2, 0.25) is 5.91 Å². The quantitative estimate of drug-likeness (QED) is 0.750. The topological polar surface area (TPSA) is 59.3 Å².